The Kier molecular flexibility index (Phi) is 9.51. The van der Waals surface area contributed by atoms with Gasteiger partial charge in [0.15, 0.2) is 0 Å². The number of amides is 1. The van der Waals surface area contributed by atoms with Gasteiger partial charge in [0.05, 0.1) is 0 Å². The van der Waals surface area contributed by atoms with Crippen molar-refractivity contribution < 1.29 is 19.1 Å². The van der Waals surface area contributed by atoms with Crippen LogP contribution in [0.5, 0.6) is 0 Å². The van der Waals surface area contributed by atoms with Gasteiger partial charge in [-0.25, -0.2) is 4.79 Å². The Balaban J connectivity index is 1.97. The quantitative estimate of drug-likeness (QED) is 0.361. The Labute approximate surface area is 133 Å². The fourth-order valence-corrected chi connectivity index (χ4v) is 2.61. The molecule has 1 amide bonds. The van der Waals surface area contributed by atoms with Crippen molar-refractivity contribution in [3.8, 4) is 0 Å². The molecular formula is C17H29NO4. The summed E-state index contributed by atoms with van der Waals surface area (Å²) in [6.45, 7) is 2.22. The van der Waals surface area contributed by atoms with Crippen LogP contribution in [-0.2, 0) is 19.1 Å². The van der Waals surface area contributed by atoms with Gasteiger partial charge in [0.1, 0.15) is 6.04 Å². The Hall–Kier alpha value is -1.39. The Morgan fingerprint density at radius 3 is 2.23 bits per heavy atom. The summed E-state index contributed by atoms with van der Waals surface area (Å²) < 4.78 is 4.50. The van der Waals surface area contributed by atoms with Gasteiger partial charge >= 0.3 is 11.9 Å². The second kappa shape index (κ2) is 11.2. The first-order valence-corrected chi connectivity index (χ1v) is 8.67. The van der Waals surface area contributed by atoms with Crippen LogP contribution in [0, 0.1) is 0 Å². The zero-order valence-corrected chi connectivity index (χ0v) is 13.7. The molecule has 1 atom stereocenters. The third-order valence-electron chi connectivity index (χ3n) is 3.98. The summed E-state index contributed by atoms with van der Waals surface area (Å²) in [5.41, 5.74) is 0. The van der Waals surface area contributed by atoms with Crippen molar-refractivity contribution in [1.29, 1.82) is 0 Å². The monoisotopic (exact) mass is 311 g/mol. The molecule has 22 heavy (non-hydrogen) atoms. The number of carbonyl (C=O) groups is 3. The van der Waals surface area contributed by atoms with E-state index in [0.717, 1.165) is 12.8 Å². The molecule has 1 N–H and O–H groups in total. The van der Waals surface area contributed by atoms with E-state index in [4.69, 9.17) is 0 Å². The molecule has 1 heterocycles. The molecule has 0 aromatic heterocycles. The summed E-state index contributed by atoms with van der Waals surface area (Å²) in [5.74, 6) is -1.26. The first-order valence-electron chi connectivity index (χ1n) is 8.67. The lowest BCUT2D eigenvalue weighted by atomic mass is 10.1. The molecule has 0 aromatic rings. The molecule has 1 aliphatic rings. The fraction of sp³-hybridized carbons (Fsp3) is 0.824. The largest absolute Gasteiger partial charge is 0.392 e. The second-order valence-electron chi connectivity index (χ2n) is 6.03. The third kappa shape index (κ3) is 8.15. The molecule has 0 radical (unpaired) electrons. The van der Waals surface area contributed by atoms with E-state index in [1.807, 2.05) is 0 Å². The summed E-state index contributed by atoms with van der Waals surface area (Å²) in [5, 5.41) is 2.65. The molecule has 0 bridgehead atoms. The number of unbranched alkanes of at least 4 members (excludes halogenated alkanes) is 8. The Morgan fingerprint density at radius 1 is 1.05 bits per heavy atom. The van der Waals surface area contributed by atoms with Crippen LogP contribution in [0.25, 0.3) is 0 Å². The topological polar surface area (TPSA) is 72.5 Å². The lowest BCUT2D eigenvalue weighted by molar-refractivity contribution is -0.166. The summed E-state index contributed by atoms with van der Waals surface area (Å²) >= 11 is 0. The van der Waals surface area contributed by atoms with E-state index >= 15 is 0 Å². The van der Waals surface area contributed by atoms with Gasteiger partial charge in [-0.2, -0.15) is 0 Å². The minimum absolute atomic E-state index is 0.126. The van der Waals surface area contributed by atoms with Gasteiger partial charge in [0, 0.05) is 12.8 Å². The number of esters is 2. The van der Waals surface area contributed by atoms with Crippen molar-refractivity contribution in [2.24, 2.45) is 0 Å². The SMILES string of the molecule is CCCCCCCCCCCC(=O)N[C@H]1CCC(=O)OC1=O. The first kappa shape index (κ1) is 18.7. The molecule has 1 aliphatic heterocycles. The maximum Gasteiger partial charge on any atom is 0.336 e. The van der Waals surface area contributed by atoms with Crippen LogP contribution in [0.4, 0.5) is 0 Å². The predicted molar refractivity (Wildman–Crippen MR) is 84.1 cm³/mol. The lowest BCUT2D eigenvalue weighted by Gasteiger charge is -2.20. The minimum Gasteiger partial charge on any atom is -0.392 e. The number of rotatable bonds is 11. The average molecular weight is 311 g/mol. The van der Waals surface area contributed by atoms with Crippen molar-refractivity contribution >= 4 is 17.8 Å². The smallest absolute Gasteiger partial charge is 0.336 e. The van der Waals surface area contributed by atoms with E-state index in [2.05, 4.69) is 17.0 Å². The van der Waals surface area contributed by atoms with Crippen LogP contribution < -0.4 is 5.32 Å². The van der Waals surface area contributed by atoms with Crippen LogP contribution in [0.1, 0.15) is 84.0 Å². The van der Waals surface area contributed by atoms with Crippen LogP contribution in [0.3, 0.4) is 0 Å². The van der Waals surface area contributed by atoms with E-state index < -0.39 is 18.0 Å². The number of hydrogen-bond acceptors (Lipinski definition) is 4. The standard InChI is InChI=1S/C17H29NO4/c1-2-3-4-5-6-7-8-9-10-11-15(19)18-14-12-13-16(20)22-17(14)21/h14H,2-13H2,1H3,(H,18,19)/t14-/m0/s1. The molecule has 0 unspecified atom stereocenters. The van der Waals surface area contributed by atoms with Crippen molar-refractivity contribution in [3.63, 3.8) is 0 Å². The predicted octanol–water partition coefficient (Wildman–Crippen LogP) is 3.26. The highest BCUT2D eigenvalue weighted by molar-refractivity contribution is 5.93. The van der Waals surface area contributed by atoms with Crippen LogP contribution >= 0.6 is 0 Å². The van der Waals surface area contributed by atoms with Gasteiger partial charge in [0.25, 0.3) is 0 Å². The molecular weight excluding hydrogens is 282 g/mol. The Bertz CT molecular complexity index is 368. The number of cyclic esters (lactones) is 2. The number of ether oxygens (including phenoxy) is 1. The van der Waals surface area contributed by atoms with E-state index in [1.165, 1.54) is 44.9 Å². The summed E-state index contributed by atoms with van der Waals surface area (Å²) in [6, 6.07) is -0.649. The lowest BCUT2D eigenvalue weighted by Crippen LogP contribution is -2.45. The second-order valence-corrected chi connectivity index (χ2v) is 6.03. The van der Waals surface area contributed by atoms with Crippen molar-refractivity contribution in [2.75, 3.05) is 0 Å². The summed E-state index contributed by atoms with van der Waals surface area (Å²) in [6.07, 6.45) is 11.8. The van der Waals surface area contributed by atoms with Gasteiger partial charge in [-0.3, -0.25) is 9.59 Å². The van der Waals surface area contributed by atoms with Gasteiger partial charge < -0.3 is 10.1 Å². The van der Waals surface area contributed by atoms with Crippen LogP contribution in [-0.4, -0.2) is 23.9 Å². The average Bonchev–Trinajstić information content (AvgIpc) is 2.48. The molecule has 1 rings (SSSR count). The molecule has 0 spiro atoms. The van der Waals surface area contributed by atoms with Crippen LogP contribution in [0.2, 0.25) is 0 Å². The van der Waals surface area contributed by atoms with Gasteiger partial charge in [-0.05, 0) is 12.8 Å². The normalized spacial score (nSPS) is 18.1. The highest BCUT2D eigenvalue weighted by atomic mass is 16.6. The van der Waals surface area contributed by atoms with E-state index in [0.29, 0.717) is 12.8 Å². The van der Waals surface area contributed by atoms with Gasteiger partial charge in [-0.15, -0.1) is 0 Å². The van der Waals surface area contributed by atoms with E-state index in [-0.39, 0.29) is 12.3 Å². The summed E-state index contributed by atoms with van der Waals surface area (Å²) in [7, 11) is 0. The highest BCUT2D eigenvalue weighted by Gasteiger charge is 2.29. The zero-order chi connectivity index (χ0) is 16.2. The third-order valence-corrected chi connectivity index (χ3v) is 3.98. The first-order chi connectivity index (χ1) is 10.6. The van der Waals surface area contributed by atoms with Crippen LogP contribution in [0.15, 0.2) is 0 Å². The number of nitrogens with one attached hydrogen (secondary N) is 1. The minimum atomic E-state index is -0.649. The van der Waals surface area contributed by atoms with Gasteiger partial charge in [0.2, 0.25) is 5.91 Å². The molecule has 1 saturated heterocycles. The van der Waals surface area contributed by atoms with Gasteiger partial charge in [-0.1, -0.05) is 58.3 Å². The maximum atomic E-state index is 11.7. The fourth-order valence-electron chi connectivity index (χ4n) is 2.61. The molecule has 5 nitrogen and oxygen atoms in total. The number of hydrogen-bond donors (Lipinski definition) is 1. The molecule has 5 heteroatoms. The molecule has 1 fully saturated rings. The zero-order valence-electron chi connectivity index (χ0n) is 13.7. The van der Waals surface area contributed by atoms with Crippen molar-refractivity contribution in [3.05, 3.63) is 0 Å². The molecule has 0 saturated carbocycles. The molecule has 0 aromatic carbocycles. The highest BCUT2D eigenvalue weighted by Crippen LogP contribution is 2.12. The Morgan fingerprint density at radius 2 is 1.64 bits per heavy atom. The number of carbonyl (C=O) groups excluding carboxylic acids is 3. The van der Waals surface area contributed by atoms with E-state index in [1.54, 1.807) is 0 Å². The maximum absolute atomic E-state index is 11.7. The van der Waals surface area contributed by atoms with Crippen molar-refractivity contribution in [2.45, 2.75) is 90.0 Å². The molecule has 126 valence electrons. The molecule has 0 aliphatic carbocycles. The van der Waals surface area contributed by atoms with Crippen molar-refractivity contribution in [1.82, 2.24) is 5.32 Å². The summed E-state index contributed by atoms with van der Waals surface area (Å²) in [4.78, 5) is 34.1. The van der Waals surface area contributed by atoms with E-state index in [9.17, 15) is 14.4 Å².